The van der Waals surface area contributed by atoms with Crippen LogP contribution in [0.4, 0.5) is 0 Å². The Labute approximate surface area is 157 Å². The van der Waals surface area contributed by atoms with E-state index in [1.165, 1.54) is 5.56 Å². The smallest absolute Gasteiger partial charge is 0.254 e. The van der Waals surface area contributed by atoms with Gasteiger partial charge in [0.25, 0.3) is 5.56 Å². The quantitative estimate of drug-likeness (QED) is 0.887. The summed E-state index contributed by atoms with van der Waals surface area (Å²) in [5.74, 6) is 0.546. The maximum atomic E-state index is 12.6. The maximum Gasteiger partial charge on any atom is 0.254 e. The summed E-state index contributed by atoms with van der Waals surface area (Å²) in [6.07, 6.45) is 0.0999. The van der Waals surface area contributed by atoms with Crippen LogP contribution in [0.2, 0.25) is 5.02 Å². The molecule has 1 aliphatic heterocycles. The molecule has 0 atom stereocenters. The Morgan fingerprint density at radius 2 is 1.96 bits per heavy atom. The number of aromatic nitrogens is 2. The van der Waals surface area contributed by atoms with Gasteiger partial charge >= 0.3 is 0 Å². The van der Waals surface area contributed by atoms with E-state index in [9.17, 15) is 9.59 Å². The van der Waals surface area contributed by atoms with Crippen LogP contribution in [0.3, 0.4) is 0 Å². The number of halogens is 1. The number of nitrogens with one attached hydrogen (secondary N) is 1. The average Bonchev–Trinajstić information content (AvgIpc) is 2.58. The fraction of sp³-hybridized carbons (Fsp3) is 0.421. The maximum absolute atomic E-state index is 12.6. The molecule has 2 aromatic rings. The van der Waals surface area contributed by atoms with Gasteiger partial charge in [0.1, 0.15) is 5.82 Å². The van der Waals surface area contributed by atoms with Crippen LogP contribution >= 0.6 is 11.6 Å². The van der Waals surface area contributed by atoms with Gasteiger partial charge in [-0.15, -0.1) is 0 Å². The van der Waals surface area contributed by atoms with Crippen LogP contribution in [-0.2, 0) is 17.8 Å². The molecule has 1 aromatic heterocycles. The summed E-state index contributed by atoms with van der Waals surface area (Å²) in [7, 11) is 0. The third kappa shape index (κ3) is 4.51. The summed E-state index contributed by atoms with van der Waals surface area (Å²) in [5, 5.41) is 0.739. The Hall–Kier alpha value is -2.18. The second-order valence-corrected chi connectivity index (χ2v) is 7.12. The highest BCUT2D eigenvalue weighted by Gasteiger charge is 2.23. The van der Waals surface area contributed by atoms with E-state index in [1.807, 2.05) is 23.1 Å². The van der Waals surface area contributed by atoms with E-state index in [0.29, 0.717) is 30.2 Å². The average molecular weight is 375 g/mol. The van der Waals surface area contributed by atoms with Gasteiger partial charge in [0.05, 0.1) is 6.42 Å². The van der Waals surface area contributed by atoms with Crippen LogP contribution < -0.4 is 5.56 Å². The molecule has 7 heteroatoms. The Morgan fingerprint density at radius 3 is 2.62 bits per heavy atom. The predicted molar refractivity (Wildman–Crippen MR) is 101 cm³/mol. The molecule has 0 unspecified atom stereocenters. The van der Waals surface area contributed by atoms with E-state index in [1.54, 1.807) is 13.8 Å². The van der Waals surface area contributed by atoms with Crippen molar-refractivity contribution >= 4 is 17.5 Å². The van der Waals surface area contributed by atoms with E-state index < -0.39 is 0 Å². The first-order valence-corrected chi connectivity index (χ1v) is 9.11. The lowest BCUT2D eigenvalue weighted by Crippen LogP contribution is -2.49. The summed E-state index contributed by atoms with van der Waals surface area (Å²) in [5.41, 5.74) is 2.04. The Morgan fingerprint density at radius 1 is 1.23 bits per heavy atom. The normalized spacial score (nSPS) is 15.3. The number of hydrogen-bond acceptors (Lipinski definition) is 4. The molecule has 0 aliphatic carbocycles. The number of benzene rings is 1. The summed E-state index contributed by atoms with van der Waals surface area (Å²) in [6.45, 7) is 7.26. The third-order valence-corrected chi connectivity index (χ3v) is 4.92. The minimum atomic E-state index is -0.219. The summed E-state index contributed by atoms with van der Waals surface area (Å²) >= 11 is 6.03. The van der Waals surface area contributed by atoms with Gasteiger partial charge in [0, 0.05) is 49.0 Å². The fourth-order valence-electron chi connectivity index (χ4n) is 3.27. The lowest BCUT2D eigenvalue weighted by atomic mass is 10.1. The first-order valence-electron chi connectivity index (χ1n) is 8.73. The zero-order chi connectivity index (χ0) is 18.7. The molecule has 1 N–H and O–H groups in total. The molecule has 1 amide bonds. The molecule has 138 valence electrons. The van der Waals surface area contributed by atoms with E-state index in [0.717, 1.165) is 24.7 Å². The van der Waals surface area contributed by atoms with Crippen molar-refractivity contribution in [1.29, 1.82) is 0 Å². The number of piperazine rings is 1. The second kappa shape index (κ2) is 8.01. The second-order valence-electron chi connectivity index (χ2n) is 6.68. The van der Waals surface area contributed by atoms with Crippen molar-refractivity contribution in [2.24, 2.45) is 0 Å². The zero-order valence-corrected chi connectivity index (χ0v) is 15.8. The monoisotopic (exact) mass is 374 g/mol. The van der Waals surface area contributed by atoms with Crippen LogP contribution in [0.25, 0.3) is 0 Å². The van der Waals surface area contributed by atoms with Gasteiger partial charge in [-0.25, -0.2) is 4.98 Å². The number of carbonyl (C=O) groups excluding carboxylic acids is 1. The van der Waals surface area contributed by atoms with Crippen LogP contribution in [0, 0.1) is 13.8 Å². The lowest BCUT2D eigenvalue weighted by Gasteiger charge is -2.34. The minimum absolute atomic E-state index is 0.0216. The van der Waals surface area contributed by atoms with Crippen LogP contribution in [-0.4, -0.2) is 51.9 Å². The van der Waals surface area contributed by atoms with Crippen molar-refractivity contribution in [1.82, 2.24) is 19.8 Å². The summed E-state index contributed by atoms with van der Waals surface area (Å²) < 4.78 is 0. The molecule has 0 radical (unpaired) electrons. The molecule has 6 nitrogen and oxygen atoms in total. The SMILES string of the molecule is Cc1nc(C)c(CC(=O)N2CCN(Cc3cccc(Cl)c3)CC2)c(=O)[nH]1. The fourth-order valence-corrected chi connectivity index (χ4v) is 3.48. The lowest BCUT2D eigenvalue weighted by molar-refractivity contribution is -0.132. The summed E-state index contributed by atoms with van der Waals surface area (Å²) in [6, 6.07) is 7.85. The molecule has 0 bridgehead atoms. The van der Waals surface area contributed by atoms with Crippen LogP contribution in [0.5, 0.6) is 0 Å². The van der Waals surface area contributed by atoms with Gasteiger partial charge in [0.15, 0.2) is 0 Å². The molecular formula is C19H23ClN4O2. The van der Waals surface area contributed by atoms with Crippen LogP contribution in [0.15, 0.2) is 29.1 Å². The molecule has 26 heavy (non-hydrogen) atoms. The topological polar surface area (TPSA) is 69.3 Å². The molecule has 3 rings (SSSR count). The Kier molecular flexibility index (Phi) is 5.74. The van der Waals surface area contributed by atoms with Crippen molar-refractivity contribution in [3.8, 4) is 0 Å². The first kappa shape index (κ1) is 18.6. The molecule has 1 aromatic carbocycles. The number of amides is 1. The van der Waals surface area contributed by atoms with Gasteiger partial charge in [-0.2, -0.15) is 0 Å². The largest absolute Gasteiger partial charge is 0.340 e. The molecule has 1 aliphatic rings. The molecule has 0 saturated carbocycles. The molecular weight excluding hydrogens is 352 g/mol. The van der Waals surface area contributed by atoms with Gasteiger partial charge in [0.2, 0.25) is 5.91 Å². The van der Waals surface area contributed by atoms with E-state index >= 15 is 0 Å². The minimum Gasteiger partial charge on any atom is -0.340 e. The highest BCUT2D eigenvalue weighted by Crippen LogP contribution is 2.14. The molecule has 1 fully saturated rings. The zero-order valence-electron chi connectivity index (χ0n) is 15.1. The van der Waals surface area contributed by atoms with Gasteiger partial charge in [-0.1, -0.05) is 23.7 Å². The number of rotatable bonds is 4. The molecule has 0 spiro atoms. The third-order valence-electron chi connectivity index (χ3n) is 4.69. The van der Waals surface area contributed by atoms with Gasteiger partial charge < -0.3 is 9.88 Å². The Balaban J connectivity index is 1.56. The van der Waals surface area contributed by atoms with Gasteiger partial charge in [-0.05, 0) is 31.5 Å². The highest BCUT2D eigenvalue weighted by atomic mass is 35.5. The number of carbonyl (C=O) groups is 1. The van der Waals surface area contributed by atoms with Crippen molar-refractivity contribution < 1.29 is 4.79 Å². The number of aryl methyl sites for hydroxylation is 2. The number of nitrogens with zero attached hydrogens (tertiary/aromatic N) is 3. The predicted octanol–water partition coefficient (Wildman–Crippen LogP) is 1.93. The van der Waals surface area contributed by atoms with Crippen molar-refractivity contribution in [2.75, 3.05) is 26.2 Å². The molecule has 2 heterocycles. The van der Waals surface area contributed by atoms with E-state index in [4.69, 9.17) is 11.6 Å². The number of H-pyrrole nitrogens is 1. The Bertz CT molecular complexity index is 857. The van der Waals surface area contributed by atoms with Gasteiger partial charge in [-0.3, -0.25) is 14.5 Å². The standard InChI is InChI=1S/C19H23ClN4O2/c1-13-17(19(26)22-14(2)21-13)11-18(25)24-8-6-23(7-9-24)12-15-4-3-5-16(20)10-15/h3-5,10H,6-9,11-12H2,1-2H3,(H,21,22,26). The van der Waals surface area contributed by atoms with E-state index in [2.05, 4.69) is 20.9 Å². The molecule has 1 saturated heterocycles. The van der Waals surface area contributed by atoms with Crippen LogP contribution in [0.1, 0.15) is 22.6 Å². The summed E-state index contributed by atoms with van der Waals surface area (Å²) in [4.78, 5) is 35.7. The van der Waals surface area contributed by atoms with Crippen molar-refractivity contribution in [2.45, 2.75) is 26.8 Å². The van der Waals surface area contributed by atoms with Crippen molar-refractivity contribution in [3.63, 3.8) is 0 Å². The highest BCUT2D eigenvalue weighted by molar-refractivity contribution is 6.30. The van der Waals surface area contributed by atoms with E-state index in [-0.39, 0.29) is 17.9 Å². The number of hydrogen-bond donors (Lipinski definition) is 1. The first-order chi connectivity index (χ1) is 12.4. The van der Waals surface area contributed by atoms with Crippen molar-refractivity contribution in [3.05, 3.63) is 62.3 Å². The number of aromatic amines is 1.